The van der Waals surface area contributed by atoms with E-state index >= 15 is 0 Å². The molecule has 19 heavy (non-hydrogen) atoms. The minimum absolute atomic E-state index is 0.208. The number of hydrogen-bond acceptors (Lipinski definition) is 4. The molecule has 0 saturated carbocycles. The molecule has 0 aliphatic carbocycles. The number of nitrogens with one attached hydrogen (secondary N) is 1. The first kappa shape index (κ1) is 13.8. The molecule has 1 aliphatic heterocycles. The standard InChI is InChI=1S/C14H20N2O3/c1-2-12-3-4-13(9-14(12)16(17)18)15-10-11-5-7-19-8-6-11/h3-4,9,11,15H,2,5-8,10H2,1H3. The third-order valence-corrected chi connectivity index (χ3v) is 3.60. The van der Waals surface area contributed by atoms with Crippen LogP contribution in [0.25, 0.3) is 0 Å². The van der Waals surface area contributed by atoms with Crippen molar-refractivity contribution in [3.8, 4) is 0 Å². The summed E-state index contributed by atoms with van der Waals surface area (Å²) in [6.45, 7) is 4.42. The molecule has 5 nitrogen and oxygen atoms in total. The second-order valence-corrected chi connectivity index (χ2v) is 4.89. The molecule has 1 aromatic carbocycles. The minimum Gasteiger partial charge on any atom is -0.385 e. The van der Waals surface area contributed by atoms with E-state index in [2.05, 4.69) is 5.32 Å². The Hall–Kier alpha value is -1.62. The summed E-state index contributed by atoms with van der Waals surface area (Å²) in [6, 6.07) is 5.40. The van der Waals surface area contributed by atoms with E-state index in [0.717, 1.165) is 43.9 Å². The quantitative estimate of drug-likeness (QED) is 0.656. The van der Waals surface area contributed by atoms with Gasteiger partial charge in [0.05, 0.1) is 4.92 Å². The van der Waals surface area contributed by atoms with Crippen molar-refractivity contribution < 1.29 is 9.66 Å². The number of hydrogen-bond donors (Lipinski definition) is 1. The molecule has 5 heteroatoms. The van der Waals surface area contributed by atoms with Crippen molar-refractivity contribution in [2.45, 2.75) is 26.2 Å². The Morgan fingerprint density at radius 2 is 2.16 bits per heavy atom. The number of nitro benzene ring substituents is 1. The summed E-state index contributed by atoms with van der Waals surface area (Å²) in [4.78, 5) is 10.7. The summed E-state index contributed by atoms with van der Waals surface area (Å²) in [5.74, 6) is 0.596. The molecule has 1 heterocycles. The highest BCUT2D eigenvalue weighted by molar-refractivity contribution is 5.55. The van der Waals surface area contributed by atoms with Gasteiger partial charge in [-0.15, -0.1) is 0 Å². The van der Waals surface area contributed by atoms with Crippen LogP contribution in [0.3, 0.4) is 0 Å². The number of nitrogens with zero attached hydrogens (tertiary/aromatic N) is 1. The highest BCUT2D eigenvalue weighted by Gasteiger charge is 2.15. The first-order valence-corrected chi connectivity index (χ1v) is 6.79. The van der Waals surface area contributed by atoms with Crippen LogP contribution in [0.15, 0.2) is 18.2 Å². The summed E-state index contributed by atoms with van der Waals surface area (Å²) in [6.07, 6.45) is 2.79. The van der Waals surface area contributed by atoms with E-state index in [1.807, 2.05) is 19.1 Å². The predicted octanol–water partition coefficient (Wildman–Crippen LogP) is 3.00. The van der Waals surface area contributed by atoms with Crippen LogP contribution in [0.2, 0.25) is 0 Å². The lowest BCUT2D eigenvalue weighted by atomic mass is 10.0. The van der Waals surface area contributed by atoms with Gasteiger partial charge in [-0.05, 0) is 31.2 Å². The van der Waals surface area contributed by atoms with Crippen LogP contribution in [0.5, 0.6) is 0 Å². The van der Waals surface area contributed by atoms with Crippen molar-refractivity contribution in [1.29, 1.82) is 0 Å². The van der Waals surface area contributed by atoms with E-state index < -0.39 is 0 Å². The van der Waals surface area contributed by atoms with Gasteiger partial charge in [-0.1, -0.05) is 13.0 Å². The first-order chi connectivity index (χ1) is 9.20. The van der Waals surface area contributed by atoms with Crippen molar-refractivity contribution in [2.24, 2.45) is 5.92 Å². The lowest BCUT2D eigenvalue weighted by Gasteiger charge is -2.22. The summed E-state index contributed by atoms with van der Waals surface area (Å²) in [5, 5.41) is 14.3. The molecule has 0 amide bonds. The second kappa shape index (κ2) is 6.52. The maximum Gasteiger partial charge on any atom is 0.274 e. The fourth-order valence-corrected chi connectivity index (χ4v) is 2.36. The van der Waals surface area contributed by atoms with Gasteiger partial charge in [-0.2, -0.15) is 0 Å². The molecule has 1 saturated heterocycles. The van der Waals surface area contributed by atoms with Gasteiger partial charge in [0.2, 0.25) is 0 Å². The molecule has 0 aromatic heterocycles. The molecule has 1 fully saturated rings. The SMILES string of the molecule is CCc1ccc(NCC2CCOCC2)cc1[N+](=O)[O-]. The van der Waals surface area contributed by atoms with E-state index in [9.17, 15) is 10.1 Å². The van der Waals surface area contributed by atoms with E-state index in [1.54, 1.807) is 6.07 Å². The summed E-state index contributed by atoms with van der Waals surface area (Å²) in [5.41, 5.74) is 1.82. The van der Waals surface area contributed by atoms with Gasteiger partial charge in [0.25, 0.3) is 5.69 Å². The fraction of sp³-hybridized carbons (Fsp3) is 0.571. The minimum atomic E-state index is -0.307. The Morgan fingerprint density at radius 1 is 1.42 bits per heavy atom. The Balaban J connectivity index is 2.00. The van der Waals surface area contributed by atoms with Gasteiger partial charge < -0.3 is 10.1 Å². The molecule has 1 aliphatic rings. The van der Waals surface area contributed by atoms with E-state index in [0.29, 0.717) is 12.3 Å². The normalized spacial score (nSPS) is 16.3. The van der Waals surface area contributed by atoms with Gasteiger partial charge in [0, 0.05) is 37.1 Å². The van der Waals surface area contributed by atoms with Crippen molar-refractivity contribution >= 4 is 11.4 Å². The van der Waals surface area contributed by atoms with E-state index in [-0.39, 0.29) is 10.6 Å². The number of benzene rings is 1. The van der Waals surface area contributed by atoms with Crippen LogP contribution in [0, 0.1) is 16.0 Å². The van der Waals surface area contributed by atoms with Crippen molar-refractivity contribution in [3.05, 3.63) is 33.9 Å². The molecular formula is C14H20N2O3. The first-order valence-electron chi connectivity index (χ1n) is 6.79. The maximum atomic E-state index is 11.0. The second-order valence-electron chi connectivity index (χ2n) is 4.89. The lowest BCUT2D eigenvalue weighted by Crippen LogP contribution is -2.22. The van der Waals surface area contributed by atoms with Crippen molar-refractivity contribution in [3.63, 3.8) is 0 Å². The number of rotatable bonds is 5. The van der Waals surface area contributed by atoms with Crippen LogP contribution < -0.4 is 5.32 Å². The number of ether oxygens (including phenoxy) is 1. The maximum absolute atomic E-state index is 11.0. The molecule has 0 unspecified atom stereocenters. The van der Waals surface area contributed by atoms with Crippen LogP contribution >= 0.6 is 0 Å². The number of nitro groups is 1. The topological polar surface area (TPSA) is 64.4 Å². The summed E-state index contributed by atoms with van der Waals surface area (Å²) in [7, 11) is 0. The Labute approximate surface area is 113 Å². The van der Waals surface area contributed by atoms with E-state index in [4.69, 9.17) is 4.74 Å². The molecule has 0 bridgehead atoms. The highest BCUT2D eigenvalue weighted by Crippen LogP contribution is 2.24. The smallest absolute Gasteiger partial charge is 0.274 e. The molecule has 1 aromatic rings. The van der Waals surface area contributed by atoms with Crippen LogP contribution in [-0.2, 0) is 11.2 Å². The molecule has 1 N–H and O–H groups in total. The van der Waals surface area contributed by atoms with Crippen LogP contribution in [-0.4, -0.2) is 24.7 Å². The molecule has 2 rings (SSSR count). The van der Waals surface area contributed by atoms with Crippen LogP contribution in [0.1, 0.15) is 25.3 Å². The third kappa shape index (κ3) is 3.67. The highest BCUT2D eigenvalue weighted by atomic mass is 16.6. The zero-order valence-electron chi connectivity index (χ0n) is 11.2. The van der Waals surface area contributed by atoms with Crippen molar-refractivity contribution in [1.82, 2.24) is 0 Å². The zero-order chi connectivity index (χ0) is 13.7. The average molecular weight is 264 g/mol. The largest absolute Gasteiger partial charge is 0.385 e. The lowest BCUT2D eigenvalue weighted by molar-refractivity contribution is -0.385. The van der Waals surface area contributed by atoms with Crippen molar-refractivity contribution in [2.75, 3.05) is 25.1 Å². The number of anilines is 1. The Kier molecular flexibility index (Phi) is 4.74. The van der Waals surface area contributed by atoms with E-state index in [1.165, 1.54) is 0 Å². The van der Waals surface area contributed by atoms with Crippen LogP contribution in [0.4, 0.5) is 11.4 Å². The number of aryl methyl sites for hydroxylation is 1. The third-order valence-electron chi connectivity index (χ3n) is 3.60. The predicted molar refractivity (Wildman–Crippen MR) is 74.5 cm³/mol. The Morgan fingerprint density at radius 3 is 2.79 bits per heavy atom. The summed E-state index contributed by atoms with van der Waals surface area (Å²) < 4.78 is 5.32. The fourth-order valence-electron chi connectivity index (χ4n) is 2.36. The zero-order valence-corrected chi connectivity index (χ0v) is 11.2. The molecule has 104 valence electrons. The molecular weight excluding hydrogens is 244 g/mol. The average Bonchev–Trinajstić information content (AvgIpc) is 2.46. The molecule has 0 atom stereocenters. The van der Waals surface area contributed by atoms with Gasteiger partial charge >= 0.3 is 0 Å². The van der Waals surface area contributed by atoms with Gasteiger partial charge in [0.15, 0.2) is 0 Å². The van der Waals surface area contributed by atoms with Gasteiger partial charge in [-0.3, -0.25) is 10.1 Å². The van der Waals surface area contributed by atoms with Gasteiger partial charge in [-0.25, -0.2) is 0 Å². The molecule has 0 spiro atoms. The summed E-state index contributed by atoms with van der Waals surface area (Å²) >= 11 is 0. The van der Waals surface area contributed by atoms with Gasteiger partial charge in [0.1, 0.15) is 0 Å². The molecule has 0 radical (unpaired) electrons. The monoisotopic (exact) mass is 264 g/mol. The Bertz CT molecular complexity index is 442.